The molecule has 170 valence electrons. The maximum Gasteiger partial charge on any atom is 0.263 e. The van der Waals surface area contributed by atoms with Crippen LogP contribution in [0.15, 0.2) is 54.3 Å². The number of thiazole rings is 1. The van der Waals surface area contributed by atoms with Crippen LogP contribution in [0, 0.1) is 0 Å². The Kier molecular flexibility index (Phi) is 7.41. The van der Waals surface area contributed by atoms with Gasteiger partial charge in [-0.15, -0.1) is 11.3 Å². The number of nitrogens with two attached hydrogens (primary N) is 1. The highest BCUT2D eigenvalue weighted by atomic mass is 32.1. The van der Waals surface area contributed by atoms with Crippen molar-refractivity contribution in [2.75, 3.05) is 6.54 Å². The van der Waals surface area contributed by atoms with E-state index in [0.717, 1.165) is 53.8 Å². The number of hydrogen-bond acceptors (Lipinski definition) is 6. The van der Waals surface area contributed by atoms with E-state index in [1.54, 1.807) is 17.9 Å². The minimum absolute atomic E-state index is 0.00431. The van der Waals surface area contributed by atoms with E-state index in [9.17, 15) is 9.59 Å². The number of carbonyl (C=O) groups excluding carboxylic acids is 2. The summed E-state index contributed by atoms with van der Waals surface area (Å²) in [6, 6.07) is 12.0. The number of imidazole rings is 1. The predicted octanol–water partition coefficient (Wildman–Crippen LogP) is 4.03. The van der Waals surface area contributed by atoms with Crippen LogP contribution in [0.4, 0.5) is 0 Å². The first-order valence-corrected chi connectivity index (χ1v) is 11.8. The lowest BCUT2D eigenvalue weighted by Crippen LogP contribution is -2.28. The van der Waals surface area contributed by atoms with Crippen LogP contribution < -0.4 is 11.1 Å². The molecule has 0 aliphatic carbocycles. The number of pyridine rings is 1. The number of amides is 2. The number of aromatic amines is 1. The van der Waals surface area contributed by atoms with Gasteiger partial charge < -0.3 is 16.0 Å². The number of carbonyl (C=O) groups is 2. The van der Waals surface area contributed by atoms with Crippen molar-refractivity contribution in [3.63, 3.8) is 0 Å². The first kappa shape index (κ1) is 22.6. The minimum Gasteiger partial charge on any atom is -0.370 e. The second-order valence-electron chi connectivity index (χ2n) is 7.91. The van der Waals surface area contributed by atoms with Gasteiger partial charge in [0.2, 0.25) is 5.91 Å². The number of nitrogens with zero attached hydrogens (tertiary/aromatic N) is 3. The molecule has 0 saturated heterocycles. The lowest BCUT2D eigenvalue weighted by Gasteiger charge is -2.15. The Labute approximate surface area is 195 Å². The number of fused-ring (bicyclic) bond motifs is 1. The van der Waals surface area contributed by atoms with Crippen LogP contribution in [-0.2, 0) is 4.79 Å². The van der Waals surface area contributed by atoms with Crippen molar-refractivity contribution in [2.24, 2.45) is 5.73 Å². The summed E-state index contributed by atoms with van der Waals surface area (Å²) in [7, 11) is 0. The van der Waals surface area contributed by atoms with E-state index < -0.39 is 0 Å². The number of aromatic nitrogens is 4. The second-order valence-corrected chi connectivity index (χ2v) is 8.80. The van der Waals surface area contributed by atoms with Gasteiger partial charge in [-0.2, -0.15) is 0 Å². The molecule has 0 radical (unpaired) electrons. The van der Waals surface area contributed by atoms with Gasteiger partial charge in [-0.3, -0.25) is 14.6 Å². The van der Waals surface area contributed by atoms with E-state index in [-0.39, 0.29) is 17.7 Å². The summed E-state index contributed by atoms with van der Waals surface area (Å²) in [5.41, 5.74) is 9.46. The fourth-order valence-electron chi connectivity index (χ4n) is 3.72. The van der Waals surface area contributed by atoms with E-state index in [2.05, 4.69) is 20.3 Å². The topological polar surface area (TPSA) is 127 Å². The highest BCUT2D eigenvalue weighted by Crippen LogP contribution is 2.24. The molecule has 3 aromatic heterocycles. The van der Waals surface area contributed by atoms with Crippen LogP contribution in [0.5, 0.6) is 0 Å². The average molecular weight is 463 g/mol. The van der Waals surface area contributed by atoms with Crippen LogP contribution in [0.3, 0.4) is 0 Å². The molecule has 2 amide bonds. The molecule has 4 N–H and O–H groups in total. The third-order valence-corrected chi connectivity index (χ3v) is 6.27. The van der Waals surface area contributed by atoms with E-state index in [0.29, 0.717) is 17.8 Å². The number of rotatable bonds is 11. The van der Waals surface area contributed by atoms with Crippen LogP contribution in [-0.4, -0.2) is 38.3 Å². The highest BCUT2D eigenvalue weighted by molar-refractivity contribution is 7.11. The van der Waals surface area contributed by atoms with Gasteiger partial charge in [-0.25, -0.2) is 9.97 Å². The number of H-pyrrole nitrogens is 1. The lowest BCUT2D eigenvalue weighted by atomic mass is 9.99. The van der Waals surface area contributed by atoms with E-state index in [4.69, 9.17) is 10.7 Å². The smallest absolute Gasteiger partial charge is 0.263 e. The van der Waals surface area contributed by atoms with Crippen LogP contribution in [0.1, 0.15) is 53.5 Å². The maximum atomic E-state index is 12.4. The zero-order valence-corrected chi connectivity index (χ0v) is 19.0. The standard InChI is InChI=1S/C24H26N6O2S/c25-22(31)9-3-1-2-7-17(12-28-24(32)21-14-26-15-33-21)23-27-13-20(30-23)19-11-10-16-6-4-5-8-18(16)29-19/h4-6,8,10-11,13-15,17H,1-3,7,9,12H2,(H2,25,31)(H,27,30)(H,28,32). The molecule has 9 heteroatoms. The molecule has 0 aliphatic rings. The summed E-state index contributed by atoms with van der Waals surface area (Å²) in [5, 5.41) is 4.08. The summed E-state index contributed by atoms with van der Waals surface area (Å²) in [6.07, 6.45) is 7.12. The highest BCUT2D eigenvalue weighted by Gasteiger charge is 2.18. The Morgan fingerprint density at radius 3 is 2.79 bits per heavy atom. The summed E-state index contributed by atoms with van der Waals surface area (Å²) >= 11 is 1.31. The lowest BCUT2D eigenvalue weighted by molar-refractivity contribution is -0.118. The van der Waals surface area contributed by atoms with E-state index in [1.165, 1.54) is 11.3 Å². The van der Waals surface area contributed by atoms with Crippen molar-refractivity contribution in [1.82, 2.24) is 25.3 Å². The van der Waals surface area contributed by atoms with E-state index in [1.807, 2.05) is 36.4 Å². The Morgan fingerprint density at radius 1 is 1.09 bits per heavy atom. The Bertz CT molecular complexity index is 1220. The fourth-order valence-corrected chi connectivity index (χ4v) is 4.26. The van der Waals surface area contributed by atoms with Gasteiger partial charge in [0.15, 0.2) is 0 Å². The SMILES string of the molecule is NC(=O)CCCCCC(CNC(=O)c1cncs1)c1ncc(-c2ccc3ccccc3n2)[nH]1. The van der Waals surface area contributed by atoms with Crippen LogP contribution in [0.2, 0.25) is 0 Å². The molecule has 0 aliphatic heterocycles. The number of hydrogen-bond donors (Lipinski definition) is 3. The monoisotopic (exact) mass is 462 g/mol. The zero-order valence-electron chi connectivity index (χ0n) is 18.2. The molecule has 8 nitrogen and oxygen atoms in total. The molecule has 0 bridgehead atoms. The van der Waals surface area contributed by atoms with Crippen LogP contribution in [0.25, 0.3) is 22.3 Å². The quantitative estimate of drug-likeness (QED) is 0.290. The molecule has 4 rings (SSSR count). The molecule has 1 atom stereocenters. The van der Waals surface area contributed by atoms with Crippen molar-refractivity contribution >= 4 is 34.1 Å². The van der Waals surface area contributed by atoms with Crippen molar-refractivity contribution in [2.45, 2.75) is 38.0 Å². The average Bonchev–Trinajstić information content (AvgIpc) is 3.53. The maximum absolute atomic E-state index is 12.4. The largest absolute Gasteiger partial charge is 0.370 e. The van der Waals surface area contributed by atoms with Crippen molar-refractivity contribution < 1.29 is 9.59 Å². The Hall–Kier alpha value is -3.59. The Balaban J connectivity index is 1.46. The summed E-state index contributed by atoms with van der Waals surface area (Å²) in [6.45, 7) is 0.449. The van der Waals surface area contributed by atoms with E-state index >= 15 is 0 Å². The Morgan fingerprint density at radius 2 is 1.97 bits per heavy atom. The molecule has 0 saturated carbocycles. The first-order chi connectivity index (χ1) is 16.1. The minimum atomic E-state index is -0.276. The molecule has 1 aromatic carbocycles. The van der Waals surface area contributed by atoms with Gasteiger partial charge in [0.05, 0.1) is 34.8 Å². The molecule has 0 spiro atoms. The van der Waals surface area contributed by atoms with Gasteiger partial charge in [0.25, 0.3) is 5.91 Å². The van der Waals surface area contributed by atoms with Gasteiger partial charge in [0.1, 0.15) is 10.7 Å². The normalized spacial score (nSPS) is 12.0. The zero-order chi connectivity index (χ0) is 23.0. The number of benzene rings is 1. The molecular weight excluding hydrogens is 436 g/mol. The third-order valence-electron chi connectivity index (χ3n) is 5.50. The summed E-state index contributed by atoms with van der Waals surface area (Å²) in [5.74, 6) is 0.394. The molecule has 3 heterocycles. The summed E-state index contributed by atoms with van der Waals surface area (Å²) in [4.78, 5) is 40.7. The molecule has 0 fully saturated rings. The van der Waals surface area contributed by atoms with Gasteiger partial charge in [-0.05, 0) is 25.0 Å². The first-order valence-electron chi connectivity index (χ1n) is 11.0. The molecule has 4 aromatic rings. The number of primary amides is 1. The van der Waals surface area contributed by atoms with Crippen molar-refractivity contribution in [3.05, 3.63) is 65.0 Å². The summed E-state index contributed by atoms with van der Waals surface area (Å²) < 4.78 is 0. The molecular formula is C24H26N6O2S. The number of nitrogens with one attached hydrogen (secondary N) is 2. The number of para-hydroxylation sites is 1. The third kappa shape index (κ3) is 6.01. The van der Waals surface area contributed by atoms with Crippen molar-refractivity contribution in [1.29, 1.82) is 0 Å². The number of unbranched alkanes of at least 4 members (excludes halogenated alkanes) is 2. The van der Waals surface area contributed by atoms with Gasteiger partial charge >= 0.3 is 0 Å². The van der Waals surface area contributed by atoms with Crippen molar-refractivity contribution in [3.8, 4) is 11.4 Å². The van der Waals surface area contributed by atoms with Gasteiger partial charge in [-0.1, -0.05) is 37.1 Å². The fraction of sp³-hybridized carbons (Fsp3) is 0.292. The van der Waals surface area contributed by atoms with Crippen LogP contribution >= 0.6 is 11.3 Å². The predicted molar refractivity (Wildman–Crippen MR) is 129 cm³/mol. The van der Waals surface area contributed by atoms with Gasteiger partial charge in [0, 0.05) is 24.3 Å². The molecule has 1 unspecified atom stereocenters. The molecule has 33 heavy (non-hydrogen) atoms. The second kappa shape index (κ2) is 10.8.